The van der Waals surface area contributed by atoms with Gasteiger partial charge in [0.15, 0.2) is 0 Å². The standard InChI is InChI=1S/C12H16BrClN2O3S/c1-12(2,3)16-11(17)7-15-20(18,19)8-4-5-10(14)9(13)6-8/h4-6,15H,7H2,1-3H3,(H,16,17). The summed E-state index contributed by atoms with van der Waals surface area (Å²) in [6.07, 6.45) is 0. The molecule has 1 rings (SSSR count). The number of hydrogen-bond acceptors (Lipinski definition) is 3. The normalized spacial score (nSPS) is 12.2. The summed E-state index contributed by atoms with van der Waals surface area (Å²) in [4.78, 5) is 11.6. The van der Waals surface area contributed by atoms with Crippen LogP contribution in [0.2, 0.25) is 5.02 Å². The van der Waals surface area contributed by atoms with Crippen molar-refractivity contribution < 1.29 is 13.2 Å². The Morgan fingerprint density at radius 2 is 1.95 bits per heavy atom. The molecule has 0 aliphatic heterocycles. The Hall–Kier alpha value is -0.630. The van der Waals surface area contributed by atoms with Gasteiger partial charge in [0.25, 0.3) is 0 Å². The lowest BCUT2D eigenvalue weighted by Gasteiger charge is -2.20. The number of benzene rings is 1. The number of amides is 1. The van der Waals surface area contributed by atoms with Crippen LogP contribution in [-0.4, -0.2) is 26.4 Å². The van der Waals surface area contributed by atoms with E-state index in [1.165, 1.54) is 18.2 Å². The molecule has 20 heavy (non-hydrogen) atoms. The summed E-state index contributed by atoms with van der Waals surface area (Å²) in [5.74, 6) is -0.394. The van der Waals surface area contributed by atoms with Crippen LogP contribution < -0.4 is 10.0 Å². The first kappa shape index (κ1) is 17.4. The first-order valence-electron chi connectivity index (χ1n) is 5.77. The first-order valence-corrected chi connectivity index (χ1v) is 8.42. The van der Waals surface area contributed by atoms with E-state index in [-0.39, 0.29) is 11.4 Å². The number of halogens is 2. The molecular weight excluding hydrogens is 368 g/mol. The van der Waals surface area contributed by atoms with E-state index in [4.69, 9.17) is 11.6 Å². The fourth-order valence-electron chi connectivity index (χ4n) is 1.35. The van der Waals surface area contributed by atoms with Crippen molar-refractivity contribution in [2.45, 2.75) is 31.2 Å². The minimum Gasteiger partial charge on any atom is -0.350 e. The predicted molar refractivity (Wildman–Crippen MR) is 82.2 cm³/mol. The summed E-state index contributed by atoms with van der Waals surface area (Å²) in [7, 11) is -3.75. The van der Waals surface area contributed by atoms with Gasteiger partial charge < -0.3 is 5.32 Å². The minimum absolute atomic E-state index is 0.0392. The molecule has 0 unspecified atom stereocenters. The Labute approximate surface area is 132 Å². The van der Waals surface area contributed by atoms with Crippen LogP contribution in [0.25, 0.3) is 0 Å². The second-order valence-corrected chi connectivity index (χ2v) is 8.23. The Morgan fingerprint density at radius 1 is 1.35 bits per heavy atom. The van der Waals surface area contributed by atoms with Gasteiger partial charge in [-0.2, -0.15) is 0 Å². The van der Waals surface area contributed by atoms with E-state index in [9.17, 15) is 13.2 Å². The number of carbonyl (C=O) groups is 1. The molecule has 112 valence electrons. The monoisotopic (exact) mass is 382 g/mol. The lowest BCUT2D eigenvalue weighted by atomic mass is 10.1. The molecule has 1 aromatic carbocycles. The van der Waals surface area contributed by atoms with E-state index >= 15 is 0 Å². The molecule has 0 fully saturated rings. The van der Waals surface area contributed by atoms with Crippen LogP contribution in [-0.2, 0) is 14.8 Å². The molecule has 0 aliphatic rings. The van der Waals surface area contributed by atoms with Crippen molar-refractivity contribution in [3.8, 4) is 0 Å². The molecule has 0 aromatic heterocycles. The van der Waals surface area contributed by atoms with Crippen LogP contribution >= 0.6 is 27.5 Å². The third kappa shape index (κ3) is 5.40. The SMILES string of the molecule is CC(C)(C)NC(=O)CNS(=O)(=O)c1ccc(Cl)c(Br)c1. The molecule has 1 aromatic rings. The van der Waals surface area contributed by atoms with Crippen LogP contribution in [0, 0.1) is 0 Å². The van der Waals surface area contributed by atoms with E-state index in [1.807, 2.05) is 20.8 Å². The summed E-state index contributed by atoms with van der Waals surface area (Å²) in [5, 5.41) is 3.08. The molecule has 8 heteroatoms. The fourth-order valence-corrected chi connectivity index (χ4v) is 3.01. The molecule has 0 heterocycles. The van der Waals surface area contributed by atoms with Gasteiger partial charge >= 0.3 is 0 Å². The second-order valence-electron chi connectivity index (χ2n) is 5.20. The van der Waals surface area contributed by atoms with Crippen molar-refractivity contribution >= 4 is 43.5 Å². The molecule has 0 spiro atoms. The van der Waals surface area contributed by atoms with Gasteiger partial charge in [-0.15, -0.1) is 0 Å². The largest absolute Gasteiger partial charge is 0.350 e. The van der Waals surface area contributed by atoms with Crippen molar-refractivity contribution in [3.63, 3.8) is 0 Å². The van der Waals surface area contributed by atoms with Crippen molar-refractivity contribution in [1.29, 1.82) is 0 Å². The van der Waals surface area contributed by atoms with E-state index in [2.05, 4.69) is 26.0 Å². The molecule has 0 bridgehead atoms. The molecule has 0 radical (unpaired) electrons. The highest BCUT2D eigenvalue weighted by atomic mass is 79.9. The summed E-state index contributed by atoms with van der Waals surface area (Å²) in [5.41, 5.74) is -0.411. The summed E-state index contributed by atoms with van der Waals surface area (Å²) >= 11 is 8.96. The number of sulfonamides is 1. The van der Waals surface area contributed by atoms with Crippen LogP contribution in [0.3, 0.4) is 0 Å². The van der Waals surface area contributed by atoms with E-state index in [0.29, 0.717) is 9.50 Å². The van der Waals surface area contributed by atoms with Gasteiger partial charge in [-0.05, 0) is 54.9 Å². The fraction of sp³-hybridized carbons (Fsp3) is 0.417. The molecule has 0 saturated heterocycles. The van der Waals surface area contributed by atoms with Gasteiger partial charge in [-0.3, -0.25) is 4.79 Å². The first-order chi connectivity index (χ1) is 9.01. The molecule has 0 atom stereocenters. The average Bonchev–Trinajstić information content (AvgIpc) is 2.28. The smallest absolute Gasteiger partial charge is 0.241 e. The lowest BCUT2D eigenvalue weighted by molar-refractivity contribution is -0.121. The number of carbonyl (C=O) groups excluding carboxylic acids is 1. The summed E-state index contributed by atoms with van der Waals surface area (Å²) in [6, 6.07) is 4.22. The van der Waals surface area contributed by atoms with Gasteiger partial charge in [-0.25, -0.2) is 13.1 Å². The number of rotatable bonds is 4. The molecule has 5 nitrogen and oxygen atoms in total. The van der Waals surface area contributed by atoms with E-state index < -0.39 is 21.5 Å². The van der Waals surface area contributed by atoms with Crippen LogP contribution in [0.1, 0.15) is 20.8 Å². The number of hydrogen-bond donors (Lipinski definition) is 2. The Kier molecular flexibility index (Phi) is 5.60. The van der Waals surface area contributed by atoms with Crippen LogP contribution in [0.15, 0.2) is 27.6 Å². The quantitative estimate of drug-likeness (QED) is 0.837. The zero-order chi connectivity index (χ0) is 15.6. The van der Waals surface area contributed by atoms with Crippen LogP contribution in [0.5, 0.6) is 0 Å². The van der Waals surface area contributed by atoms with E-state index in [0.717, 1.165) is 0 Å². The maximum absolute atomic E-state index is 12.0. The van der Waals surface area contributed by atoms with Gasteiger partial charge in [0.1, 0.15) is 0 Å². The third-order valence-corrected chi connectivity index (χ3v) is 4.75. The summed E-state index contributed by atoms with van der Waals surface area (Å²) in [6.45, 7) is 5.13. The van der Waals surface area contributed by atoms with Crippen LogP contribution in [0.4, 0.5) is 0 Å². The summed E-state index contributed by atoms with van der Waals surface area (Å²) < 4.78 is 26.7. The number of nitrogens with one attached hydrogen (secondary N) is 2. The minimum atomic E-state index is -3.75. The predicted octanol–water partition coefficient (Wildman–Crippen LogP) is 2.30. The Bertz CT molecular complexity index is 612. The van der Waals surface area contributed by atoms with Gasteiger partial charge in [0, 0.05) is 10.0 Å². The van der Waals surface area contributed by atoms with Crippen molar-refractivity contribution in [2.24, 2.45) is 0 Å². The molecule has 2 N–H and O–H groups in total. The van der Waals surface area contributed by atoms with Crippen molar-refractivity contribution in [3.05, 3.63) is 27.7 Å². The average molecular weight is 384 g/mol. The van der Waals surface area contributed by atoms with Gasteiger partial charge in [0.2, 0.25) is 15.9 Å². The third-order valence-electron chi connectivity index (χ3n) is 2.14. The molecule has 1 amide bonds. The zero-order valence-corrected chi connectivity index (χ0v) is 14.5. The lowest BCUT2D eigenvalue weighted by Crippen LogP contribution is -2.45. The molecule has 0 aliphatic carbocycles. The highest BCUT2D eigenvalue weighted by molar-refractivity contribution is 9.10. The van der Waals surface area contributed by atoms with E-state index in [1.54, 1.807) is 0 Å². The molecule has 0 saturated carbocycles. The molecular formula is C12H16BrClN2O3S. The highest BCUT2D eigenvalue weighted by Crippen LogP contribution is 2.25. The Morgan fingerprint density at radius 3 is 2.45 bits per heavy atom. The van der Waals surface area contributed by atoms with Crippen molar-refractivity contribution in [1.82, 2.24) is 10.0 Å². The topological polar surface area (TPSA) is 75.3 Å². The zero-order valence-electron chi connectivity index (χ0n) is 11.3. The highest BCUT2D eigenvalue weighted by Gasteiger charge is 2.19. The van der Waals surface area contributed by atoms with Crippen molar-refractivity contribution in [2.75, 3.05) is 6.54 Å². The van der Waals surface area contributed by atoms with Gasteiger partial charge in [0.05, 0.1) is 16.5 Å². The second kappa shape index (κ2) is 6.43. The maximum atomic E-state index is 12.0. The Balaban J connectivity index is 2.76. The maximum Gasteiger partial charge on any atom is 0.241 e. The van der Waals surface area contributed by atoms with Gasteiger partial charge in [-0.1, -0.05) is 11.6 Å².